The van der Waals surface area contributed by atoms with E-state index in [0.717, 1.165) is 36.3 Å². The average Bonchev–Trinajstić information content (AvgIpc) is 2.58. The van der Waals surface area contributed by atoms with Crippen molar-refractivity contribution in [3.63, 3.8) is 0 Å². The lowest BCUT2D eigenvalue weighted by Gasteiger charge is -2.26. The molecule has 1 aromatic heterocycles. The van der Waals surface area contributed by atoms with E-state index in [1.165, 1.54) is 4.90 Å². The number of aromatic nitrogens is 1. The number of pyridine rings is 1. The van der Waals surface area contributed by atoms with Crippen LogP contribution in [0.5, 0.6) is 5.75 Å². The maximum Gasteiger partial charge on any atom is 0.253 e. The molecular formula is C18H27N4O2S+. The van der Waals surface area contributed by atoms with Crippen molar-refractivity contribution in [3.8, 4) is 5.75 Å². The fourth-order valence-corrected chi connectivity index (χ4v) is 2.85. The van der Waals surface area contributed by atoms with Crippen molar-refractivity contribution in [2.75, 3.05) is 40.8 Å². The average molecular weight is 364 g/mol. The van der Waals surface area contributed by atoms with Gasteiger partial charge in [-0.05, 0) is 43.4 Å². The number of methoxy groups -OCH3 is 1. The van der Waals surface area contributed by atoms with Gasteiger partial charge in [0.15, 0.2) is 5.11 Å². The van der Waals surface area contributed by atoms with Gasteiger partial charge in [-0.3, -0.25) is 4.79 Å². The van der Waals surface area contributed by atoms with Crippen LogP contribution in [0, 0.1) is 0 Å². The summed E-state index contributed by atoms with van der Waals surface area (Å²) in [6.45, 7) is 4.96. The molecule has 3 N–H and O–H groups in total. The van der Waals surface area contributed by atoms with E-state index < -0.39 is 0 Å². The van der Waals surface area contributed by atoms with Crippen LogP contribution in [-0.4, -0.2) is 55.8 Å². The maximum absolute atomic E-state index is 12.5. The zero-order chi connectivity index (χ0) is 18.4. The van der Waals surface area contributed by atoms with E-state index >= 15 is 0 Å². The van der Waals surface area contributed by atoms with Gasteiger partial charge in [-0.25, -0.2) is 0 Å². The first kappa shape index (κ1) is 19.2. The minimum atomic E-state index is -0.0841. The Labute approximate surface area is 153 Å². The number of benzene rings is 1. The van der Waals surface area contributed by atoms with Crippen LogP contribution in [-0.2, 0) is 6.54 Å². The number of H-pyrrole nitrogens is 1. The standard InChI is InChI=1S/C18H26N4O2S/c1-5-19-18(25)22(9-8-21(2)3)12-14-10-13-11-15(24-4)6-7-16(13)20-17(14)23/h6-7,10-11H,5,8-9,12H2,1-4H3,(H,19,25)(H,20,23)/p+1. The molecule has 0 aliphatic heterocycles. The van der Waals surface area contributed by atoms with Gasteiger partial charge < -0.3 is 24.8 Å². The highest BCUT2D eigenvalue weighted by Gasteiger charge is 2.14. The molecule has 0 radical (unpaired) electrons. The Morgan fingerprint density at radius 3 is 2.76 bits per heavy atom. The first-order chi connectivity index (χ1) is 11.9. The molecule has 0 bridgehead atoms. The van der Waals surface area contributed by atoms with Gasteiger partial charge in [0, 0.05) is 23.0 Å². The largest absolute Gasteiger partial charge is 0.497 e. The van der Waals surface area contributed by atoms with Crippen LogP contribution >= 0.6 is 12.2 Å². The summed E-state index contributed by atoms with van der Waals surface area (Å²) in [4.78, 5) is 18.8. The first-order valence-corrected chi connectivity index (χ1v) is 8.87. The molecule has 7 heteroatoms. The van der Waals surface area contributed by atoms with Gasteiger partial charge in [-0.2, -0.15) is 0 Å². The van der Waals surface area contributed by atoms with Crippen molar-refractivity contribution in [1.82, 2.24) is 15.2 Å². The number of likely N-dealkylation sites (N-methyl/N-ethyl adjacent to an activating group) is 1. The SMILES string of the molecule is CCNC(=S)N(CC[NH+](C)C)Cc1cc2cc(OC)ccc2[nH]c1=O. The number of rotatable bonds is 7. The normalized spacial score (nSPS) is 10.9. The van der Waals surface area contributed by atoms with E-state index in [2.05, 4.69) is 24.4 Å². The predicted octanol–water partition coefficient (Wildman–Crippen LogP) is 0.378. The lowest BCUT2D eigenvalue weighted by Crippen LogP contribution is -3.06. The minimum absolute atomic E-state index is 0.0841. The molecule has 0 saturated carbocycles. The highest BCUT2D eigenvalue weighted by molar-refractivity contribution is 7.80. The van der Waals surface area contributed by atoms with Crippen LogP contribution in [0.4, 0.5) is 0 Å². The second kappa shape index (κ2) is 8.82. The Morgan fingerprint density at radius 1 is 1.36 bits per heavy atom. The van der Waals surface area contributed by atoms with E-state index in [4.69, 9.17) is 17.0 Å². The fraction of sp³-hybridized carbons (Fsp3) is 0.444. The molecule has 2 rings (SSSR count). The van der Waals surface area contributed by atoms with E-state index in [1.807, 2.05) is 36.1 Å². The van der Waals surface area contributed by atoms with Crippen molar-refractivity contribution in [1.29, 1.82) is 0 Å². The number of hydrogen-bond acceptors (Lipinski definition) is 3. The van der Waals surface area contributed by atoms with Crippen LogP contribution in [0.1, 0.15) is 12.5 Å². The highest BCUT2D eigenvalue weighted by atomic mass is 32.1. The van der Waals surface area contributed by atoms with E-state index in [9.17, 15) is 4.79 Å². The molecule has 6 nitrogen and oxygen atoms in total. The van der Waals surface area contributed by atoms with Crippen LogP contribution in [0.2, 0.25) is 0 Å². The maximum atomic E-state index is 12.5. The number of nitrogens with zero attached hydrogens (tertiary/aromatic N) is 1. The van der Waals surface area contributed by atoms with Crippen LogP contribution < -0.4 is 20.5 Å². The van der Waals surface area contributed by atoms with Crippen LogP contribution in [0.25, 0.3) is 10.9 Å². The fourth-order valence-electron chi connectivity index (χ4n) is 2.55. The van der Waals surface area contributed by atoms with Crippen molar-refractivity contribution < 1.29 is 9.64 Å². The predicted molar refractivity (Wildman–Crippen MR) is 105 cm³/mol. The third-order valence-corrected chi connectivity index (χ3v) is 4.39. The zero-order valence-electron chi connectivity index (χ0n) is 15.3. The molecule has 2 aromatic rings. The summed E-state index contributed by atoms with van der Waals surface area (Å²) in [5.41, 5.74) is 1.40. The van der Waals surface area contributed by atoms with Crippen LogP contribution in [0.3, 0.4) is 0 Å². The van der Waals surface area contributed by atoms with E-state index in [1.54, 1.807) is 7.11 Å². The van der Waals surface area contributed by atoms with Crippen molar-refractivity contribution >= 4 is 28.2 Å². The quantitative estimate of drug-likeness (QED) is 0.621. The number of ether oxygens (including phenoxy) is 1. The third-order valence-electron chi connectivity index (χ3n) is 3.99. The molecule has 0 saturated heterocycles. The molecule has 0 amide bonds. The first-order valence-electron chi connectivity index (χ1n) is 8.46. The number of aromatic amines is 1. The van der Waals surface area contributed by atoms with Gasteiger partial charge in [0.2, 0.25) is 0 Å². The molecular weight excluding hydrogens is 336 g/mol. The number of thiocarbonyl (C=S) groups is 1. The second-order valence-electron chi connectivity index (χ2n) is 6.29. The molecule has 25 heavy (non-hydrogen) atoms. The zero-order valence-corrected chi connectivity index (χ0v) is 16.1. The monoisotopic (exact) mass is 363 g/mol. The van der Waals surface area contributed by atoms with Gasteiger partial charge in [-0.15, -0.1) is 0 Å². The summed E-state index contributed by atoms with van der Waals surface area (Å²) in [6, 6.07) is 7.53. The van der Waals surface area contributed by atoms with Crippen molar-refractivity contribution in [2.45, 2.75) is 13.5 Å². The lowest BCUT2D eigenvalue weighted by molar-refractivity contribution is -0.857. The molecule has 0 aliphatic rings. The van der Waals surface area contributed by atoms with Crippen molar-refractivity contribution in [3.05, 3.63) is 40.2 Å². The van der Waals surface area contributed by atoms with E-state index in [0.29, 0.717) is 17.2 Å². The van der Waals surface area contributed by atoms with Crippen LogP contribution in [0.15, 0.2) is 29.1 Å². The second-order valence-corrected chi connectivity index (χ2v) is 6.68. The summed E-state index contributed by atoms with van der Waals surface area (Å²) in [6.07, 6.45) is 0. The smallest absolute Gasteiger partial charge is 0.253 e. The molecule has 0 aliphatic carbocycles. The molecule has 0 atom stereocenters. The molecule has 1 aromatic carbocycles. The van der Waals surface area contributed by atoms with Gasteiger partial charge in [0.1, 0.15) is 5.75 Å². The summed E-state index contributed by atoms with van der Waals surface area (Å²) in [5.74, 6) is 0.765. The Balaban J connectivity index is 2.31. The summed E-state index contributed by atoms with van der Waals surface area (Å²) < 4.78 is 5.27. The summed E-state index contributed by atoms with van der Waals surface area (Å²) in [5, 5.41) is 4.80. The number of hydrogen-bond donors (Lipinski definition) is 3. The van der Waals surface area contributed by atoms with Crippen molar-refractivity contribution in [2.24, 2.45) is 0 Å². The highest BCUT2D eigenvalue weighted by Crippen LogP contribution is 2.19. The Hall–Kier alpha value is -2.12. The van der Waals surface area contributed by atoms with Gasteiger partial charge >= 0.3 is 0 Å². The summed E-state index contributed by atoms with van der Waals surface area (Å²) in [7, 11) is 5.83. The molecule has 0 unspecified atom stereocenters. The van der Waals surface area contributed by atoms with Gasteiger partial charge in [0.25, 0.3) is 5.56 Å². The Morgan fingerprint density at radius 2 is 2.12 bits per heavy atom. The molecule has 136 valence electrons. The third kappa shape index (κ3) is 5.17. The Bertz CT molecular complexity index is 788. The Kier molecular flexibility index (Phi) is 6.78. The molecule has 0 fully saturated rings. The minimum Gasteiger partial charge on any atom is -0.497 e. The summed E-state index contributed by atoms with van der Waals surface area (Å²) >= 11 is 5.48. The lowest BCUT2D eigenvalue weighted by atomic mass is 10.1. The number of fused-ring (bicyclic) bond motifs is 1. The molecule has 1 heterocycles. The topological polar surface area (TPSA) is 61.8 Å². The number of quaternary nitrogens is 1. The van der Waals surface area contributed by atoms with Gasteiger partial charge in [-0.1, -0.05) is 0 Å². The number of nitrogens with one attached hydrogen (secondary N) is 3. The van der Waals surface area contributed by atoms with E-state index in [-0.39, 0.29) is 5.56 Å². The van der Waals surface area contributed by atoms with Gasteiger partial charge in [0.05, 0.1) is 40.8 Å². The molecule has 0 spiro atoms.